The molecule has 0 aromatic carbocycles. The van der Waals surface area contributed by atoms with E-state index in [9.17, 15) is 0 Å². The van der Waals surface area contributed by atoms with Crippen LogP contribution in [0.4, 0.5) is 0 Å². The molecule has 1 atom stereocenters. The minimum absolute atomic E-state index is 0.312. The Kier molecular flexibility index (Phi) is 3.19. The summed E-state index contributed by atoms with van der Waals surface area (Å²) in [7, 11) is 0. The van der Waals surface area contributed by atoms with Crippen LogP contribution in [0, 0.1) is 0 Å². The molecule has 0 aromatic heterocycles. The van der Waals surface area contributed by atoms with Crippen molar-refractivity contribution in [2.24, 2.45) is 0 Å². The van der Waals surface area contributed by atoms with Gasteiger partial charge >= 0.3 is 0 Å². The van der Waals surface area contributed by atoms with Gasteiger partial charge in [0.15, 0.2) is 0 Å². The van der Waals surface area contributed by atoms with E-state index < -0.39 is 0 Å². The van der Waals surface area contributed by atoms with Crippen molar-refractivity contribution in [2.45, 2.75) is 25.3 Å². The highest BCUT2D eigenvalue weighted by Crippen LogP contribution is 2.19. The third-order valence-electron chi connectivity index (χ3n) is 3.32. The van der Waals surface area contributed by atoms with Gasteiger partial charge in [-0.25, -0.2) is 0 Å². The highest BCUT2D eigenvalue weighted by Gasteiger charge is 2.28. The van der Waals surface area contributed by atoms with Crippen LogP contribution in [0.2, 0.25) is 0 Å². The van der Waals surface area contributed by atoms with Crippen molar-refractivity contribution in [3.8, 4) is 0 Å². The lowest BCUT2D eigenvalue weighted by molar-refractivity contribution is 0.198. The van der Waals surface area contributed by atoms with Crippen LogP contribution in [0.1, 0.15) is 19.3 Å². The predicted octanol–water partition coefficient (Wildman–Crippen LogP) is 0.149. The van der Waals surface area contributed by atoms with E-state index in [0.29, 0.717) is 6.61 Å². The van der Waals surface area contributed by atoms with Crippen molar-refractivity contribution in [2.75, 3.05) is 39.3 Å². The molecule has 0 amide bonds. The first kappa shape index (κ1) is 9.44. The fourth-order valence-electron chi connectivity index (χ4n) is 2.56. The van der Waals surface area contributed by atoms with Crippen LogP contribution in [-0.4, -0.2) is 60.3 Å². The van der Waals surface area contributed by atoms with Crippen LogP contribution in [0.15, 0.2) is 0 Å². The third-order valence-corrected chi connectivity index (χ3v) is 3.32. The first-order chi connectivity index (χ1) is 6.40. The van der Waals surface area contributed by atoms with Crippen molar-refractivity contribution >= 4 is 0 Å². The van der Waals surface area contributed by atoms with Crippen LogP contribution < -0.4 is 0 Å². The summed E-state index contributed by atoms with van der Waals surface area (Å²) in [5.74, 6) is 0. The van der Waals surface area contributed by atoms with Crippen molar-refractivity contribution in [1.29, 1.82) is 0 Å². The third kappa shape index (κ3) is 2.22. The van der Waals surface area contributed by atoms with Crippen molar-refractivity contribution < 1.29 is 5.11 Å². The van der Waals surface area contributed by atoms with Gasteiger partial charge in [0.1, 0.15) is 0 Å². The van der Waals surface area contributed by atoms with Gasteiger partial charge in [0, 0.05) is 19.1 Å². The van der Waals surface area contributed by atoms with Crippen molar-refractivity contribution in [3.05, 3.63) is 0 Å². The first-order valence-electron chi connectivity index (χ1n) is 5.47. The molecule has 76 valence electrons. The second kappa shape index (κ2) is 4.40. The number of rotatable bonds is 3. The maximum absolute atomic E-state index is 8.82. The zero-order valence-electron chi connectivity index (χ0n) is 8.28. The van der Waals surface area contributed by atoms with E-state index in [1.807, 2.05) is 0 Å². The fourth-order valence-corrected chi connectivity index (χ4v) is 2.56. The molecule has 2 aliphatic heterocycles. The largest absolute Gasteiger partial charge is 0.395 e. The number of nitrogens with zero attached hydrogens (tertiary/aromatic N) is 2. The summed E-state index contributed by atoms with van der Waals surface area (Å²) in [6.07, 6.45) is 4.08. The predicted molar refractivity (Wildman–Crippen MR) is 52.7 cm³/mol. The van der Waals surface area contributed by atoms with Crippen molar-refractivity contribution in [1.82, 2.24) is 9.80 Å². The highest BCUT2D eigenvalue weighted by atomic mass is 16.3. The second-order valence-corrected chi connectivity index (χ2v) is 4.21. The number of aliphatic hydroxyl groups is 1. The van der Waals surface area contributed by atoms with E-state index in [1.54, 1.807) is 0 Å². The molecule has 13 heavy (non-hydrogen) atoms. The summed E-state index contributed by atoms with van der Waals surface area (Å²) in [6, 6.07) is 0.786. The molecule has 0 spiro atoms. The van der Waals surface area contributed by atoms with Gasteiger partial charge in [0.25, 0.3) is 0 Å². The topological polar surface area (TPSA) is 26.7 Å². The standard InChI is InChI=1S/C10H20N2O/c13-8-7-11-6-3-10(9-11)12-4-1-2-5-12/h10,13H,1-9H2. The Morgan fingerprint density at radius 2 is 1.92 bits per heavy atom. The molecule has 3 heteroatoms. The molecule has 1 unspecified atom stereocenters. The molecule has 0 bridgehead atoms. The molecule has 2 heterocycles. The molecule has 0 aliphatic carbocycles. The summed E-state index contributed by atoms with van der Waals surface area (Å²) >= 11 is 0. The number of hydrogen-bond donors (Lipinski definition) is 1. The summed E-state index contributed by atoms with van der Waals surface area (Å²) in [5, 5.41) is 8.82. The van der Waals surface area contributed by atoms with Crippen LogP contribution in [0.25, 0.3) is 0 Å². The lowest BCUT2D eigenvalue weighted by atomic mass is 10.2. The lowest BCUT2D eigenvalue weighted by Gasteiger charge is -2.23. The van der Waals surface area contributed by atoms with Crippen molar-refractivity contribution in [3.63, 3.8) is 0 Å². The zero-order valence-corrected chi connectivity index (χ0v) is 8.28. The molecule has 0 saturated carbocycles. The normalized spacial score (nSPS) is 31.6. The molecule has 2 fully saturated rings. The molecule has 3 nitrogen and oxygen atoms in total. The lowest BCUT2D eigenvalue weighted by Crippen LogP contribution is -2.35. The van der Waals surface area contributed by atoms with E-state index >= 15 is 0 Å². The Labute approximate surface area is 80.3 Å². The first-order valence-corrected chi connectivity index (χ1v) is 5.47. The molecule has 2 saturated heterocycles. The van der Waals surface area contributed by atoms with Gasteiger partial charge in [0.2, 0.25) is 0 Å². The quantitative estimate of drug-likeness (QED) is 0.676. The minimum Gasteiger partial charge on any atom is -0.395 e. The monoisotopic (exact) mass is 184 g/mol. The van der Waals surface area contributed by atoms with Crippen LogP contribution in [0.5, 0.6) is 0 Å². The molecule has 0 aromatic rings. The zero-order chi connectivity index (χ0) is 9.10. The fraction of sp³-hybridized carbons (Fsp3) is 1.00. The van der Waals surface area contributed by atoms with Gasteiger partial charge in [-0.15, -0.1) is 0 Å². The van der Waals surface area contributed by atoms with Gasteiger partial charge in [-0.1, -0.05) is 0 Å². The number of β-amino-alcohol motifs (C(OH)–C–C–N with tert-alkyl or cyclic N) is 1. The number of aliphatic hydroxyl groups excluding tert-OH is 1. The van der Waals surface area contributed by atoms with Gasteiger partial charge in [-0.3, -0.25) is 9.80 Å². The van der Waals surface area contributed by atoms with E-state index in [1.165, 1.54) is 45.4 Å². The number of likely N-dealkylation sites (tertiary alicyclic amines) is 2. The Bertz CT molecular complexity index is 157. The van der Waals surface area contributed by atoms with Gasteiger partial charge < -0.3 is 5.11 Å². The Balaban J connectivity index is 1.76. The Morgan fingerprint density at radius 3 is 2.62 bits per heavy atom. The molecule has 0 radical (unpaired) electrons. The van der Waals surface area contributed by atoms with Gasteiger partial charge in [0.05, 0.1) is 6.61 Å². The van der Waals surface area contributed by atoms with Crippen LogP contribution in [0.3, 0.4) is 0 Å². The minimum atomic E-state index is 0.312. The maximum Gasteiger partial charge on any atom is 0.0558 e. The average Bonchev–Trinajstić information content (AvgIpc) is 2.70. The number of hydrogen-bond acceptors (Lipinski definition) is 3. The molecule has 2 rings (SSSR count). The maximum atomic E-state index is 8.82. The smallest absolute Gasteiger partial charge is 0.0558 e. The highest BCUT2D eigenvalue weighted by molar-refractivity contribution is 4.85. The Hall–Kier alpha value is -0.120. The van der Waals surface area contributed by atoms with E-state index in [2.05, 4.69) is 9.80 Å². The summed E-state index contributed by atoms with van der Waals surface area (Å²) in [6.45, 7) is 6.15. The van der Waals surface area contributed by atoms with E-state index in [-0.39, 0.29) is 0 Å². The summed E-state index contributed by atoms with van der Waals surface area (Å²) in [4.78, 5) is 5.00. The van der Waals surface area contributed by atoms with Crippen LogP contribution in [-0.2, 0) is 0 Å². The summed E-state index contributed by atoms with van der Waals surface area (Å²) in [5.41, 5.74) is 0. The molecular formula is C10H20N2O. The summed E-state index contributed by atoms with van der Waals surface area (Å²) < 4.78 is 0. The van der Waals surface area contributed by atoms with Gasteiger partial charge in [-0.05, 0) is 38.9 Å². The SMILES string of the molecule is OCCN1CCC(N2CCCC2)C1. The average molecular weight is 184 g/mol. The molecule has 1 N–H and O–H groups in total. The molecule has 2 aliphatic rings. The van der Waals surface area contributed by atoms with E-state index in [0.717, 1.165) is 12.6 Å². The van der Waals surface area contributed by atoms with Crippen LogP contribution >= 0.6 is 0 Å². The second-order valence-electron chi connectivity index (χ2n) is 4.21. The molecular weight excluding hydrogens is 164 g/mol. The Morgan fingerprint density at radius 1 is 1.15 bits per heavy atom. The van der Waals surface area contributed by atoms with Gasteiger partial charge in [-0.2, -0.15) is 0 Å². The van der Waals surface area contributed by atoms with E-state index in [4.69, 9.17) is 5.11 Å².